The predicted octanol–water partition coefficient (Wildman–Crippen LogP) is 2.40. The Balaban J connectivity index is 1.64. The zero-order valence-corrected chi connectivity index (χ0v) is 15.3. The van der Waals surface area contributed by atoms with Crippen molar-refractivity contribution in [2.24, 2.45) is 0 Å². The van der Waals surface area contributed by atoms with Crippen LogP contribution in [-0.4, -0.2) is 33.8 Å². The number of carbonyl (C=O) groups excluding carboxylic acids is 2. The summed E-state index contributed by atoms with van der Waals surface area (Å²) in [6, 6.07) is 8.73. The van der Waals surface area contributed by atoms with Gasteiger partial charge in [0.05, 0.1) is 6.54 Å². The van der Waals surface area contributed by atoms with Crippen molar-refractivity contribution in [2.75, 3.05) is 0 Å². The standard InChI is InChI=1S/C20H22N2O5/c1-12-3-5-14(6-4-12)11-22-17(7-8-18(22)23)19(24)21-10-15-9-16(20(25)26)13(2)27-15/h3-6,9,17H,7-8,10-11H2,1-2H3,(H,21,24)(H,25,26)/t17-/m0/s1. The Morgan fingerprint density at radius 2 is 1.96 bits per heavy atom. The Kier molecular flexibility index (Phi) is 5.30. The summed E-state index contributed by atoms with van der Waals surface area (Å²) in [5.41, 5.74) is 2.19. The Labute approximate surface area is 157 Å². The molecule has 3 rings (SSSR count). The summed E-state index contributed by atoms with van der Waals surface area (Å²) < 4.78 is 5.37. The van der Waals surface area contributed by atoms with Crippen LogP contribution in [0.15, 0.2) is 34.7 Å². The molecule has 7 heteroatoms. The number of carbonyl (C=O) groups is 3. The molecule has 2 heterocycles. The normalized spacial score (nSPS) is 16.6. The summed E-state index contributed by atoms with van der Waals surface area (Å²) in [7, 11) is 0. The number of benzene rings is 1. The summed E-state index contributed by atoms with van der Waals surface area (Å²) in [6.45, 7) is 4.02. The van der Waals surface area contributed by atoms with Crippen LogP contribution in [0, 0.1) is 13.8 Å². The molecule has 2 N–H and O–H groups in total. The van der Waals surface area contributed by atoms with Crippen molar-refractivity contribution in [3.63, 3.8) is 0 Å². The number of aryl methyl sites for hydroxylation is 2. The first kappa shape index (κ1) is 18.7. The van der Waals surface area contributed by atoms with Crippen LogP contribution in [-0.2, 0) is 22.7 Å². The third-order valence-corrected chi connectivity index (χ3v) is 4.74. The van der Waals surface area contributed by atoms with Gasteiger partial charge in [-0.1, -0.05) is 29.8 Å². The van der Waals surface area contributed by atoms with E-state index in [-0.39, 0.29) is 23.9 Å². The molecule has 0 bridgehead atoms. The van der Waals surface area contributed by atoms with Gasteiger partial charge in [0.1, 0.15) is 23.1 Å². The number of amides is 2. The minimum atomic E-state index is -1.07. The molecule has 2 aromatic rings. The maximum Gasteiger partial charge on any atom is 0.339 e. The number of furan rings is 1. The fraction of sp³-hybridized carbons (Fsp3) is 0.350. The minimum Gasteiger partial charge on any atom is -0.478 e. The van der Waals surface area contributed by atoms with Crippen molar-refractivity contribution >= 4 is 17.8 Å². The number of rotatable bonds is 6. The number of nitrogens with one attached hydrogen (secondary N) is 1. The molecule has 0 radical (unpaired) electrons. The number of carboxylic acids is 1. The quantitative estimate of drug-likeness (QED) is 0.813. The molecule has 0 saturated carbocycles. The van der Waals surface area contributed by atoms with Crippen molar-refractivity contribution in [2.45, 2.75) is 45.8 Å². The zero-order valence-electron chi connectivity index (χ0n) is 15.3. The monoisotopic (exact) mass is 370 g/mol. The summed E-state index contributed by atoms with van der Waals surface area (Å²) in [5.74, 6) is -0.715. The first-order valence-corrected chi connectivity index (χ1v) is 8.80. The second-order valence-electron chi connectivity index (χ2n) is 6.77. The van der Waals surface area contributed by atoms with Crippen molar-refractivity contribution in [1.82, 2.24) is 10.2 Å². The molecule has 1 aliphatic heterocycles. The van der Waals surface area contributed by atoms with Gasteiger partial charge in [-0.25, -0.2) is 4.79 Å². The van der Waals surface area contributed by atoms with Gasteiger partial charge in [0.15, 0.2) is 0 Å². The van der Waals surface area contributed by atoms with Crippen LogP contribution in [0.2, 0.25) is 0 Å². The number of aromatic carboxylic acids is 1. The van der Waals surface area contributed by atoms with Gasteiger partial charge >= 0.3 is 5.97 Å². The number of nitrogens with zero attached hydrogens (tertiary/aromatic N) is 1. The summed E-state index contributed by atoms with van der Waals surface area (Å²) in [6.07, 6.45) is 0.807. The Hall–Kier alpha value is -3.09. The number of hydrogen-bond donors (Lipinski definition) is 2. The number of carboxylic acid groups (broad SMARTS) is 1. The molecule has 1 aliphatic rings. The van der Waals surface area contributed by atoms with E-state index in [1.807, 2.05) is 31.2 Å². The van der Waals surface area contributed by atoms with Gasteiger partial charge in [-0.3, -0.25) is 9.59 Å². The molecule has 1 atom stereocenters. The zero-order chi connectivity index (χ0) is 19.6. The molecule has 1 aromatic heterocycles. The van der Waals surface area contributed by atoms with E-state index in [2.05, 4.69) is 5.32 Å². The summed E-state index contributed by atoms with van der Waals surface area (Å²) in [5, 5.41) is 11.8. The first-order valence-electron chi connectivity index (χ1n) is 8.80. The second-order valence-corrected chi connectivity index (χ2v) is 6.77. The van der Waals surface area contributed by atoms with Gasteiger partial charge in [-0.05, 0) is 31.9 Å². The van der Waals surface area contributed by atoms with E-state index >= 15 is 0 Å². The number of hydrogen-bond acceptors (Lipinski definition) is 4. The van der Waals surface area contributed by atoms with Gasteiger partial charge in [0.25, 0.3) is 0 Å². The lowest BCUT2D eigenvalue weighted by Crippen LogP contribution is -2.44. The third-order valence-electron chi connectivity index (χ3n) is 4.74. The highest BCUT2D eigenvalue weighted by atomic mass is 16.4. The predicted molar refractivity (Wildman–Crippen MR) is 97.0 cm³/mol. The topological polar surface area (TPSA) is 99.9 Å². The molecule has 1 fully saturated rings. The lowest BCUT2D eigenvalue weighted by atomic mass is 10.1. The van der Waals surface area contributed by atoms with Crippen LogP contribution in [0.4, 0.5) is 0 Å². The maximum absolute atomic E-state index is 12.6. The molecule has 27 heavy (non-hydrogen) atoms. The van der Waals surface area contributed by atoms with Crippen molar-refractivity contribution in [1.29, 1.82) is 0 Å². The molecule has 0 spiro atoms. The molecule has 1 aromatic carbocycles. The van der Waals surface area contributed by atoms with Gasteiger partial charge in [0.2, 0.25) is 11.8 Å². The lowest BCUT2D eigenvalue weighted by Gasteiger charge is -2.24. The largest absolute Gasteiger partial charge is 0.478 e. The maximum atomic E-state index is 12.6. The van der Waals surface area contributed by atoms with Crippen LogP contribution in [0.5, 0.6) is 0 Å². The Morgan fingerprint density at radius 3 is 2.59 bits per heavy atom. The average molecular weight is 370 g/mol. The molecule has 2 amide bonds. The minimum absolute atomic E-state index is 0.0438. The summed E-state index contributed by atoms with van der Waals surface area (Å²) >= 11 is 0. The van der Waals surface area contributed by atoms with E-state index < -0.39 is 12.0 Å². The van der Waals surface area contributed by atoms with Gasteiger partial charge in [0, 0.05) is 13.0 Å². The Morgan fingerprint density at radius 1 is 1.26 bits per heavy atom. The van der Waals surface area contributed by atoms with Crippen LogP contribution >= 0.6 is 0 Å². The molecule has 1 saturated heterocycles. The fourth-order valence-electron chi connectivity index (χ4n) is 3.23. The fourth-order valence-corrected chi connectivity index (χ4v) is 3.23. The van der Waals surface area contributed by atoms with Gasteiger partial charge in [-0.2, -0.15) is 0 Å². The molecule has 0 unspecified atom stereocenters. The molecule has 142 valence electrons. The first-order chi connectivity index (χ1) is 12.8. The van der Waals surface area contributed by atoms with Gasteiger partial charge in [-0.15, -0.1) is 0 Å². The van der Waals surface area contributed by atoms with E-state index in [1.165, 1.54) is 6.07 Å². The van der Waals surface area contributed by atoms with Gasteiger partial charge < -0.3 is 19.7 Å². The lowest BCUT2D eigenvalue weighted by molar-refractivity contribution is -0.135. The third kappa shape index (κ3) is 4.19. The number of likely N-dealkylation sites (tertiary alicyclic amines) is 1. The smallest absolute Gasteiger partial charge is 0.339 e. The van der Waals surface area contributed by atoms with E-state index in [1.54, 1.807) is 11.8 Å². The van der Waals surface area contributed by atoms with Crippen LogP contribution < -0.4 is 5.32 Å². The van der Waals surface area contributed by atoms with Crippen LogP contribution in [0.3, 0.4) is 0 Å². The van der Waals surface area contributed by atoms with Crippen LogP contribution in [0.1, 0.15) is 45.8 Å². The average Bonchev–Trinajstić information content (AvgIpc) is 3.18. The summed E-state index contributed by atoms with van der Waals surface area (Å²) in [4.78, 5) is 37.5. The highest BCUT2D eigenvalue weighted by molar-refractivity contribution is 5.91. The molecule has 7 nitrogen and oxygen atoms in total. The molecule has 0 aliphatic carbocycles. The van der Waals surface area contributed by atoms with E-state index in [0.29, 0.717) is 30.9 Å². The van der Waals surface area contributed by atoms with Crippen LogP contribution in [0.25, 0.3) is 0 Å². The van der Waals surface area contributed by atoms with E-state index in [9.17, 15) is 14.4 Å². The van der Waals surface area contributed by atoms with E-state index in [0.717, 1.165) is 11.1 Å². The Bertz CT molecular complexity index is 869. The molecular formula is C20H22N2O5. The van der Waals surface area contributed by atoms with Crippen molar-refractivity contribution < 1.29 is 23.9 Å². The van der Waals surface area contributed by atoms with Crippen molar-refractivity contribution in [3.05, 3.63) is 58.5 Å². The van der Waals surface area contributed by atoms with E-state index in [4.69, 9.17) is 9.52 Å². The van der Waals surface area contributed by atoms with Crippen molar-refractivity contribution in [3.8, 4) is 0 Å². The SMILES string of the molecule is Cc1ccc(CN2C(=O)CC[C@H]2C(=O)NCc2cc(C(=O)O)c(C)o2)cc1. The highest BCUT2D eigenvalue weighted by Gasteiger charge is 2.35. The second kappa shape index (κ2) is 7.65. The highest BCUT2D eigenvalue weighted by Crippen LogP contribution is 2.22. The molecular weight excluding hydrogens is 348 g/mol.